The van der Waals surface area contributed by atoms with E-state index in [1.54, 1.807) is 19.2 Å². The first-order valence-electron chi connectivity index (χ1n) is 9.16. The number of nitrogens with one attached hydrogen (secondary N) is 2. The molecule has 0 aliphatic heterocycles. The number of methoxy groups -OCH3 is 1. The van der Waals surface area contributed by atoms with E-state index in [9.17, 15) is 14.9 Å². The number of hydrogen-bond acceptors (Lipinski definition) is 4. The summed E-state index contributed by atoms with van der Waals surface area (Å²) in [6, 6.07) is 14.3. The van der Waals surface area contributed by atoms with Crippen molar-refractivity contribution in [1.29, 1.82) is 0 Å². The molecule has 1 aromatic heterocycles. The Labute approximate surface area is 162 Å². The van der Waals surface area contributed by atoms with Gasteiger partial charge in [0.25, 0.3) is 5.69 Å². The van der Waals surface area contributed by atoms with Gasteiger partial charge in [0.1, 0.15) is 0 Å². The number of ether oxygens (including phenoxy) is 1. The molecule has 2 aromatic carbocycles. The SMILES string of the molecule is COCCCNC(=O)CC(c1cccc([N+](=O)[O-])c1)c1c[nH]c2ccccc12. The molecule has 0 radical (unpaired) electrons. The van der Waals surface area contributed by atoms with Gasteiger partial charge < -0.3 is 15.0 Å². The first-order chi connectivity index (χ1) is 13.6. The summed E-state index contributed by atoms with van der Waals surface area (Å²) in [5.41, 5.74) is 2.67. The van der Waals surface area contributed by atoms with E-state index in [0.29, 0.717) is 13.2 Å². The molecule has 7 heteroatoms. The van der Waals surface area contributed by atoms with Crippen LogP contribution in [0.2, 0.25) is 0 Å². The highest BCUT2D eigenvalue weighted by atomic mass is 16.6. The van der Waals surface area contributed by atoms with Crippen LogP contribution in [0, 0.1) is 10.1 Å². The van der Waals surface area contributed by atoms with Gasteiger partial charge in [-0.1, -0.05) is 30.3 Å². The highest BCUT2D eigenvalue weighted by Crippen LogP contribution is 2.34. The van der Waals surface area contributed by atoms with Crippen molar-refractivity contribution >= 4 is 22.5 Å². The predicted octanol–water partition coefficient (Wildman–Crippen LogP) is 3.75. The Kier molecular flexibility index (Phi) is 6.39. The second-order valence-corrected chi connectivity index (χ2v) is 6.59. The van der Waals surface area contributed by atoms with Crippen LogP contribution < -0.4 is 5.32 Å². The maximum atomic E-state index is 12.5. The maximum absolute atomic E-state index is 12.5. The van der Waals surface area contributed by atoms with E-state index in [4.69, 9.17) is 4.74 Å². The number of carbonyl (C=O) groups excluding carboxylic acids is 1. The Hall–Kier alpha value is -3.19. The zero-order valence-corrected chi connectivity index (χ0v) is 15.7. The molecule has 0 saturated carbocycles. The molecular formula is C21H23N3O4. The molecule has 2 N–H and O–H groups in total. The van der Waals surface area contributed by atoms with Crippen molar-refractivity contribution in [3.63, 3.8) is 0 Å². The van der Waals surface area contributed by atoms with Crippen molar-refractivity contribution in [3.05, 3.63) is 76.0 Å². The van der Waals surface area contributed by atoms with E-state index in [1.165, 1.54) is 6.07 Å². The highest BCUT2D eigenvalue weighted by molar-refractivity contribution is 5.86. The summed E-state index contributed by atoms with van der Waals surface area (Å²) < 4.78 is 5.00. The molecule has 28 heavy (non-hydrogen) atoms. The summed E-state index contributed by atoms with van der Waals surface area (Å²) in [5.74, 6) is -0.392. The van der Waals surface area contributed by atoms with Crippen LogP contribution in [-0.2, 0) is 9.53 Å². The van der Waals surface area contributed by atoms with Crippen LogP contribution in [-0.4, -0.2) is 36.1 Å². The Morgan fingerprint density at radius 1 is 1.25 bits per heavy atom. The molecule has 1 heterocycles. The number of hydrogen-bond donors (Lipinski definition) is 2. The fraction of sp³-hybridized carbons (Fsp3) is 0.286. The second-order valence-electron chi connectivity index (χ2n) is 6.59. The largest absolute Gasteiger partial charge is 0.385 e. The van der Waals surface area contributed by atoms with Crippen molar-refractivity contribution < 1.29 is 14.5 Å². The third-order valence-corrected chi connectivity index (χ3v) is 4.72. The number of H-pyrrole nitrogens is 1. The van der Waals surface area contributed by atoms with Gasteiger partial charge in [-0.2, -0.15) is 0 Å². The molecule has 1 atom stereocenters. The minimum absolute atomic E-state index is 0.0165. The van der Waals surface area contributed by atoms with Crippen LogP contribution in [0.4, 0.5) is 5.69 Å². The first kappa shape index (κ1) is 19.6. The van der Waals surface area contributed by atoms with Crippen molar-refractivity contribution in [1.82, 2.24) is 10.3 Å². The summed E-state index contributed by atoms with van der Waals surface area (Å²) in [7, 11) is 1.62. The standard InChI is InChI=1S/C21H23N3O4/c1-28-11-5-10-22-21(25)13-18(15-6-4-7-16(12-15)24(26)27)19-14-23-20-9-3-2-8-17(19)20/h2-4,6-9,12,14,18,23H,5,10-11,13H2,1H3,(H,22,25). The Bertz CT molecular complexity index is 967. The maximum Gasteiger partial charge on any atom is 0.269 e. The number of amides is 1. The molecule has 0 aliphatic rings. The lowest BCUT2D eigenvalue weighted by atomic mass is 9.87. The lowest BCUT2D eigenvalue weighted by Crippen LogP contribution is -2.27. The minimum atomic E-state index is -0.416. The van der Waals surface area contributed by atoms with Crippen LogP contribution in [0.15, 0.2) is 54.7 Å². The molecule has 0 spiro atoms. The van der Waals surface area contributed by atoms with Crippen LogP contribution >= 0.6 is 0 Å². The summed E-state index contributed by atoms with van der Waals surface area (Å²) in [6.45, 7) is 1.11. The van der Waals surface area contributed by atoms with Gasteiger partial charge in [0.05, 0.1) is 4.92 Å². The monoisotopic (exact) mass is 381 g/mol. The smallest absolute Gasteiger partial charge is 0.269 e. The molecule has 0 aliphatic carbocycles. The van der Waals surface area contributed by atoms with E-state index in [1.807, 2.05) is 36.5 Å². The van der Waals surface area contributed by atoms with Gasteiger partial charge in [0, 0.05) is 61.8 Å². The quantitative estimate of drug-likeness (QED) is 0.335. The topological polar surface area (TPSA) is 97.3 Å². The summed E-state index contributed by atoms with van der Waals surface area (Å²) >= 11 is 0. The fourth-order valence-corrected chi connectivity index (χ4v) is 3.35. The van der Waals surface area contributed by atoms with Crippen LogP contribution in [0.25, 0.3) is 10.9 Å². The number of para-hydroxylation sites is 1. The summed E-state index contributed by atoms with van der Waals surface area (Å²) in [5, 5.41) is 15.1. The molecule has 3 aromatic rings. The van der Waals surface area contributed by atoms with E-state index in [0.717, 1.165) is 28.5 Å². The third-order valence-electron chi connectivity index (χ3n) is 4.72. The Balaban J connectivity index is 1.91. The van der Waals surface area contributed by atoms with Gasteiger partial charge in [0.15, 0.2) is 0 Å². The molecule has 0 bridgehead atoms. The number of nitro benzene ring substituents is 1. The van der Waals surface area contributed by atoms with Crippen LogP contribution in [0.1, 0.15) is 29.9 Å². The number of fused-ring (bicyclic) bond motifs is 1. The zero-order valence-electron chi connectivity index (χ0n) is 15.7. The number of rotatable bonds is 9. The number of non-ortho nitro benzene ring substituents is 1. The van der Waals surface area contributed by atoms with E-state index < -0.39 is 4.92 Å². The van der Waals surface area contributed by atoms with Gasteiger partial charge in [-0.15, -0.1) is 0 Å². The lowest BCUT2D eigenvalue weighted by Gasteiger charge is -2.17. The fourth-order valence-electron chi connectivity index (χ4n) is 3.35. The van der Waals surface area contributed by atoms with Crippen molar-refractivity contribution in [2.75, 3.05) is 20.3 Å². The molecule has 0 fully saturated rings. The van der Waals surface area contributed by atoms with Gasteiger partial charge >= 0.3 is 0 Å². The molecule has 146 valence electrons. The molecule has 3 rings (SSSR count). The zero-order chi connectivity index (χ0) is 19.9. The van der Waals surface area contributed by atoms with Crippen molar-refractivity contribution in [2.24, 2.45) is 0 Å². The molecular weight excluding hydrogens is 358 g/mol. The van der Waals surface area contributed by atoms with Crippen molar-refractivity contribution in [3.8, 4) is 0 Å². The molecule has 1 unspecified atom stereocenters. The predicted molar refractivity (Wildman–Crippen MR) is 107 cm³/mol. The number of carbonyl (C=O) groups is 1. The van der Waals surface area contributed by atoms with Crippen molar-refractivity contribution in [2.45, 2.75) is 18.8 Å². The highest BCUT2D eigenvalue weighted by Gasteiger charge is 2.23. The van der Waals surface area contributed by atoms with E-state index in [2.05, 4.69) is 10.3 Å². The van der Waals surface area contributed by atoms with Gasteiger partial charge in [0.2, 0.25) is 5.91 Å². The van der Waals surface area contributed by atoms with Crippen LogP contribution in [0.5, 0.6) is 0 Å². The van der Waals surface area contributed by atoms with Gasteiger partial charge in [-0.25, -0.2) is 0 Å². The minimum Gasteiger partial charge on any atom is -0.385 e. The summed E-state index contributed by atoms with van der Waals surface area (Å²) in [6.07, 6.45) is 2.82. The lowest BCUT2D eigenvalue weighted by molar-refractivity contribution is -0.384. The Morgan fingerprint density at radius 2 is 2.07 bits per heavy atom. The molecule has 7 nitrogen and oxygen atoms in total. The van der Waals surface area contributed by atoms with E-state index >= 15 is 0 Å². The molecule has 1 amide bonds. The average Bonchev–Trinajstić information content (AvgIpc) is 3.13. The van der Waals surface area contributed by atoms with Gasteiger partial charge in [-0.05, 0) is 23.6 Å². The number of aromatic nitrogens is 1. The summed E-state index contributed by atoms with van der Waals surface area (Å²) in [4.78, 5) is 26.6. The van der Waals surface area contributed by atoms with Gasteiger partial charge in [-0.3, -0.25) is 14.9 Å². The number of benzene rings is 2. The van der Waals surface area contributed by atoms with E-state index in [-0.39, 0.29) is 23.9 Å². The molecule has 0 saturated heterocycles. The third kappa shape index (κ3) is 4.55. The number of aromatic amines is 1. The first-order valence-corrected chi connectivity index (χ1v) is 9.16. The Morgan fingerprint density at radius 3 is 2.86 bits per heavy atom. The normalized spacial score (nSPS) is 12.0. The number of nitrogens with zero attached hydrogens (tertiary/aromatic N) is 1. The number of nitro groups is 1. The average molecular weight is 381 g/mol. The van der Waals surface area contributed by atoms with Crippen LogP contribution in [0.3, 0.4) is 0 Å². The second kappa shape index (κ2) is 9.14.